The normalized spacial score (nSPS) is 25.3. The van der Waals surface area contributed by atoms with Gasteiger partial charge in [0.25, 0.3) is 0 Å². The third kappa shape index (κ3) is 3.80. The Morgan fingerprint density at radius 2 is 2.09 bits per heavy atom. The Hall–Kier alpha value is -1.54. The summed E-state index contributed by atoms with van der Waals surface area (Å²) in [5, 5.41) is 2.84. The van der Waals surface area contributed by atoms with Gasteiger partial charge >= 0.3 is 6.03 Å². The maximum atomic E-state index is 12.2. The minimum atomic E-state index is -2.96. The maximum Gasteiger partial charge on any atom is 0.317 e. The number of hydrogen-bond acceptors (Lipinski definition) is 5. The fourth-order valence-electron chi connectivity index (χ4n) is 2.91. The number of piperazine rings is 1. The van der Waals surface area contributed by atoms with Gasteiger partial charge in [-0.3, -0.25) is 4.90 Å². The first-order chi connectivity index (χ1) is 10.5. The van der Waals surface area contributed by atoms with E-state index in [9.17, 15) is 13.2 Å². The minimum absolute atomic E-state index is 0.0667. The average molecular weight is 327 g/mol. The molecule has 0 spiro atoms. The number of furan rings is 1. The zero-order valence-corrected chi connectivity index (χ0v) is 13.2. The molecule has 0 unspecified atom stereocenters. The van der Waals surface area contributed by atoms with E-state index >= 15 is 0 Å². The summed E-state index contributed by atoms with van der Waals surface area (Å²) >= 11 is 0. The van der Waals surface area contributed by atoms with Crippen molar-refractivity contribution in [1.82, 2.24) is 15.1 Å². The average Bonchev–Trinajstić information content (AvgIpc) is 3.09. The third-order valence-corrected chi connectivity index (χ3v) is 5.95. The van der Waals surface area contributed by atoms with Crippen LogP contribution in [0.25, 0.3) is 0 Å². The largest absolute Gasteiger partial charge is 0.468 e. The molecule has 0 aliphatic carbocycles. The summed E-state index contributed by atoms with van der Waals surface area (Å²) in [7, 11) is -2.96. The van der Waals surface area contributed by atoms with Crippen molar-refractivity contribution < 1.29 is 17.6 Å². The van der Waals surface area contributed by atoms with Crippen LogP contribution in [0.2, 0.25) is 0 Å². The lowest BCUT2D eigenvalue weighted by molar-refractivity contribution is 0.129. The van der Waals surface area contributed by atoms with Gasteiger partial charge in [-0.25, -0.2) is 13.2 Å². The van der Waals surface area contributed by atoms with Crippen LogP contribution < -0.4 is 5.32 Å². The smallest absolute Gasteiger partial charge is 0.317 e. The van der Waals surface area contributed by atoms with Gasteiger partial charge in [-0.15, -0.1) is 0 Å². The molecule has 2 aliphatic heterocycles. The summed E-state index contributed by atoms with van der Waals surface area (Å²) in [6.07, 6.45) is 2.18. The van der Waals surface area contributed by atoms with E-state index in [1.54, 1.807) is 11.2 Å². The van der Waals surface area contributed by atoms with Crippen LogP contribution in [0.3, 0.4) is 0 Å². The molecule has 2 fully saturated rings. The van der Waals surface area contributed by atoms with Crippen molar-refractivity contribution in [1.29, 1.82) is 0 Å². The standard InChI is InChI=1S/C14H21N3O4S/c18-14(15-12-3-9-22(19,20)11-12)17-6-4-16(5-7-17)10-13-2-1-8-21-13/h1-2,8,12H,3-7,9-11H2,(H,15,18)/t12-/m0/s1. The Kier molecular flexibility index (Phi) is 4.39. The molecular formula is C14H21N3O4S. The molecule has 3 rings (SSSR count). The number of hydrogen-bond donors (Lipinski definition) is 1. The van der Waals surface area contributed by atoms with E-state index in [1.807, 2.05) is 12.1 Å². The lowest BCUT2D eigenvalue weighted by Gasteiger charge is -2.34. The van der Waals surface area contributed by atoms with Crippen LogP contribution in [0.5, 0.6) is 0 Å². The number of urea groups is 1. The number of nitrogens with one attached hydrogen (secondary N) is 1. The Bertz CT molecular complexity index is 606. The second-order valence-corrected chi connectivity index (χ2v) is 8.12. The van der Waals surface area contributed by atoms with Gasteiger partial charge in [-0.05, 0) is 18.6 Å². The van der Waals surface area contributed by atoms with Crippen LogP contribution in [0.4, 0.5) is 4.79 Å². The summed E-state index contributed by atoms with van der Waals surface area (Å²) in [5.74, 6) is 1.17. The number of rotatable bonds is 3. The molecule has 0 radical (unpaired) electrons. The second-order valence-electron chi connectivity index (χ2n) is 5.89. The Balaban J connectivity index is 1.44. The molecule has 3 heterocycles. The van der Waals surface area contributed by atoms with Crippen LogP contribution in [0.1, 0.15) is 12.2 Å². The molecule has 8 heteroatoms. The van der Waals surface area contributed by atoms with Gasteiger partial charge in [-0.2, -0.15) is 0 Å². The monoisotopic (exact) mass is 327 g/mol. The highest BCUT2D eigenvalue weighted by molar-refractivity contribution is 7.91. The van der Waals surface area contributed by atoms with E-state index in [2.05, 4.69) is 10.2 Å². The molecule has 22 heavy (non-hydrogen) atoms. The van der Waals surface area contributed by atoms with Gasteiger partial charge < -0.3 is 14.6 Å². The van der Waals surface area contributed by atoms with E-state index in [4.69, 9.17) is 4.42 Å². The van der Waals surface area contributed by atoms with E-state index in [-0.39, 0.29) is 23.6 Å². The van der Waals surface area contributed by atoms with E-state index in [0.717, 1.165) is 25.4 Å². The predicted octanol–water partition coefficient (Wildman–Crippen LogP) is 0.294. The number of sulfone groups is 1. The number of carbonyl (C=O) groups excluding carboxylic acids is 1. The highest BCUT2D eigenvalue weighted by Gasteiger charge is 2.30. The zero-order chi connectivity index (χ0) is 15.6. The van der Waals surface area contributed by atoms with Crippen molar-refractivity contribution in [3.8, 4) is 0 Å². The van der Waals surface area contributed by atoms with E-state index < -0.39 is 9.84 Å². The van der Waals surface area contributed by atoms with Crippen LogP contribution in [-0.4, -0.2) is 68.0 Å². The highest BCUT2D eigenvalue weighted by atomic mass is 32.2. The van der Waals surface area contributed by atoms with Crippen LogP contribution in [-0.2, 0) is 16.4 Å². The molecule has 122 valence electrons. The second kappa shape index (κ2) is 6.29. The van der Waals surface area contributed by atoms with Crippen molar-refractivity contribution in [3.63, 3.8) is 0 Å². The van der Waals surface area contributed by atoms with Gasteiger partial charge in [0, 0.05) is 32.2 Å². The SMILES string of the molecule is O=C(N[C@H]1CCS(=O)(=O)C1)N1CCN(Cc2ccco2)CC1. The Morgan fingerprint density at radius 3 is 2.68 bits per heavy atom. The molecule has 2 amide bonds. The fourth-order valence-corrected chi connectivity index (χ4v) is 4.58. The van der Waals surface area contributed by atoms with Gasteiger partial charge in [0.15, 0.2) is 9.84 Å². The van der Waals surface area contributed by atoms with Crippen molar-refractivity contribution in [3.05, 3.63) is 24.2 Å². The van der Waals surface area contributed by atoms with Crippen molar-refractivity contribution in [2.45, 2.75) is 19.0 Å². The summed E-state index contributed by atoms with van der Waals surface area (Å²) in [6, 6.07) is 3.42. The zero-order valence-electron chi connectivity index (χ0n) is 12.4. The van der Waals surface area contributed by atoms with Gasteiger partial charge in [0.1, 0.15) is 5.76 Å². The van der Waals surface area contributed by atoms with Gasteiger partial charge in [-0.1, -0.05) is 0 Å². The lowest BCUT2D eigenvalue weighted by Crippen LogP contribution is -2.53. The highest BCUT2D eigenvalue weighted by Crippen LogP contribution is 2.13. The van der Waals surface area contributed by atoms with Crippen LogP contribution >= 0.6 is 0 Å². The Labute approximate surface area is 130 Å². The molecule has 0 aromatic carbocycles. The summed E-state index contributed by atoms with van der Waals surface area (Å²) in [6.45, 7) is 3.62. The first-order valence-corrected chi connectivity index (χ1v) is 9.34. The topological polar surface area (TPSA) is 82.9 Å². The molecule has 1 atom stereocenters. The van der Waals surface area contributed by atoms with Crippen LogP contribution in [0, 0.1) is 0 Å². The van der Waals surface area contributed by atoms with Gasteiger partial charge in [0.2, 0.25) is 0 Å². The van der Waals surface area contributed by atoms with Crippen molar-refractivity contribution >= 4 is 15.9 Å². The van der Waals surface area contributed by atoms with Crippen molar-refractivity contribution in [2.75, 3.05) is 37.7 Å². The first kappa shape index (κ1) is 15.4. The van der Waals surface area contributed by atoms with Gasteiger partial charge in [0.05, 0.1) is 24.3 Å². The lowest BCUT2D eigenvalue weighted by atomic mass is 10.2. The molecule has 2 saturated heterocycles. The maximum absolute atomic E-state index is 12.2. The predicted molar refractivity (Wildman–Crippen MR) is 81.1 cm³/mol. The fraction of sp³-hybridized carbons (Fsp3) is 0.643. The number of carbonyl (C=O) groups is 1. The summed E-state index contributed by atoms with van der Waals surface area (Å²) in [4.78, 5) is 16.2. The van der Waals surface area contributed by atoms with E-state index in [1.165, 1.54) is 0 Å². The summed E-state index contributed by atoms with van der Waals surface area (Å²) in [5.41, 5.74) is 0. The third-order valence-electron chi connectivity index (χ3n) is 4.18. The first-order valence-electron chi connectivity index (χ1n) is 7.52. The van der Waals surface area contributed by atoms with E-state index in [0.29, 0.717) is 19.5 Å². The molecule has 1 aromatic rings. The molecule has 0 bridgehead atoms. The molecular weight excluding hydrogens is 306 g/mol. The van der Waals surface area contributed by atoms with Crippen LogP contribution in [0.15, 0.2) is 22.8 Å². The molecule has 7 nitrogen and oxygen atoms in total. The van der Waals surface area contributed by atoms with Crippen molar-refractivity contribution in [2.24, 2.45) is 0 Å². The minimum Gasteiger partial charge on any atom is -0.468 e. The summed E-state index contributed by atoms with van der Waals surface area (Å²) < 4.78 is 28.2. The molecule has 1 aromatic heterocycles. The molecule has 1 N–H and O–H groups in total. The quantitative estimate of drug-likeness (QED) is 0.863. The molecule has 0 saturated carbocycles. The number of amides is 2. The molecule has 2 aliphatic rings. The Morgan fingerprint density at radius 1 is 1.32 bits per heavy atom. The number of nitrogens with zero attached hydrogens (tertiary/aromatic N) is 2.